The van der Waals surface area contributed by atoms with E-state index in [1.807, 2.05) is 0 Å². The van der Waals surface area contributed by atoms with Crippen molar-refractivity contribution in [1.82, 2.24) is 5.32 Å². The Morgan fingerprint density at radius 3 is 2.68 bits per heavy atom. The van der Waals surface area contributed by atoms with E-state index in [9.17, 15) is 24.8 Å². The summed E-state index contributed by atoms with van der Waals surface area (Å²) in [5.74, 6) is -1.09. The van der Waals surface area contributed by atoms with Gasteiger partial charge in [0, 0.05) is 45.5 Å². The largest absolute Gasteiger partial charge is 0.480 e. The van der Waals surface area contributed by atoms with Crippen LogP contribution in [0.1, 0.15) is 18.0 Å². The number of rotatable bonds is 4. The van der Waals surface area contributed by atoms with Gasteiger partial charge in [-0.3, -0.25) is 10.1 Å². The number of halogens is 2. The molecule has 146 valence electrons. The summed E-state index contributed by atoms with van der Waals surface area (Å²) >= 11 is 12.2. The van der Waals surface area contributed by atoms with Crippen molar-refractivity contribution in [2.24, 2.45) is 0 Å². The Hall–Kier alpha value is -3.04. The first-order valence-corrected chi connectivity index (χ1v) is 8.80. The quantitative estimate of drug-likeness (QED) is 0.432. The van der Waals surface area contributed by atoms with E-state index in [-0.39, 0.29) is 22.8 Å². The van der Waals surface area contributed by atoms with Gasteiger partial charge in [0.25, 0.3) is 5.69 Å². The lowest BCUT2D eigenvalue weighted by molar-refractivity contribution is -0.384. The molecule has 2 atom stereocenters. The molecule has 1 aliphatic heterocycles. The number of carboxylic acids is 1. The Kier molecular flexibility index (Phi) is 5.57. The van der Waals surface area contributed by atoms with Gasteiger partial charge in [-0.15, -0.1) is 0 Å². The van der Waals surface area contributed by atoms with Gasteiger partial charge in [0.2, 0.25) is 0 Å². The van der Waals surface area contributed by atoms with Crippen LogP contribution in [0, 0.1) is 10.1 Å². The van der Waals surface area contributed by atoms with Gasteiger partial charge < -0.3 is 21.1 Å². The zero-order valence-electron chi connectivity index (χ0n) is 14.1. The minimum absolute atomic E-state index is 0.0477. The van der Waals surface area contributed by atoms with Crippen molar-refractivity contribution in [3.8, 4) is 0 Å². The van der Waals surface area contributed by atoms with Crippen molar-refractivity contribution >= 4 is 52.3 Å². The van der Waals surface area contributed by atoms with E-state index in [4.69, 9.17) is 23.2 Å². The minimum atomic E-state index is -1.09. The Bertz CT molecular complexity index is 969. The monoisotopic (exact) mass is 424 g/mol. The summed E-state index contributed by atoms with van der Waals surface area (Å²) < 4.78 is 0. The molecule has 1 aliphatic rings. The van der Waals surface area contributed by atoms with Crippen molar-refractivity contribution in [2.45, 2.75) is 18.5 Å². The van der Waals surface area contributed by atoms with Gasteiger partial charge in [0.05, 0.1) is 11.0 Å². The molecule has 0 aromatic heterocycles. The molecule has 2 aromatic rings. The third kappa shape index (κ3) is 4.26. The van der Waals surface area contributed by atoms with E-state index in [0.717, 1.165) is 0 Å². The van der Waals surface area contributed by atoms with Crippen LogP contribution < -0.4 is 16.0 Å². The Morgan fingerprint density at radius 1 is 1.25 bits per heavy atom. The maximum Gasteiger partial charge on any atom is 0.326 e. The second kappa shape index (κ2) is 7.91. The molecule has 0 radical (unpaired) electrons. The van der Waals surface area contributed by atoms with Crippen LogP contribution in [0.5, 0.6) is 0 Å². The first-order valence-electron chi connectivity index (χ1n) is 8.05. The number of hydrogen-bond donors (Lipinski definition) is 4. The maximum absolute atomic E-state index is 12.4. The number of fused-ring (bicyclic) bond motifs is 1. The van der Waals surface area contributed by atoms with Crippen molar-refractivity contribution in [3.05, 3.63) is 62.1 Å². The van der Waals surface area contributed by atoms with E-state index in [2.05, 4.69) is 16.0 Å². The lowest BCUT2D eigenvalue weighted by Gasteiger charge is -2.32. The van der Waals surface area contributed by atoms with Crippen molar-refractivity contribution in [2.75, 3.05) is 10.6 Å². The summed E-state index contributed by atoms with van der Waals surface area (Å²) in [6.45, 7) is 0. The molecule has 0 spiro atoms. The summed E-state index contributed by atoms with van der Waals surface area (Å²) in [5.41, 5.74) is 0.973. The number of hydrogen-bond acceptors (Lipinski definition) is 5. The normalized spacial score (nSPS) is 17.8. The van der Waals surface area contributed by atoms with Crippen LogP contribution in [0.3, 0.4) is 0 Å². The van der Waals surface area contributed by atoms with Gasteiger partial charge in [-0.05, 0) is 18.2 Å². The lowest BCUT2D eigenvalue weighted by atomic mass is 9.93. The molecule has 0 saturated heterocycles. The molecule has 9 nitrogen and oxygen atoms in total. The molecule has 2 amide bonds. The highest BCUT2D eigenvalue weighted by molar-refractivity contribution is 6.35. The highest BCUT2D eigenvalue weighted by Crippen LogP contribution is 2.39. The Labute approximate surface area is 168 Å². The maximum atomic E-state index is 12.4. The highest BCUT2D eigenvalue weighted by atomic mass is 35.5. The predicted molar refractivity (Wildman–Crippen MR) is 104 cm³/mol. The van der Waals surface area contributed by atoms with E-state index in [0.29, 0.717) is 16.3 Å². The lowest BCUT2D eigenvalue weighted by Crippen LogP contribution is -2.42. The first-order chi connectivity index (χ1) is 13.2. The number of aliphatic carboxylic acids is 1. The smallest absolute Gasteiger partial charge is 0.326 e. The van der Waals surface area contributed by atoms with Crippen LogP contribution in [0.2, 0.25) is 10.0 Å². The number of carboxylic acid groups (broad SMARTS) is 1. The number of nitro benzene ring substituents is 1. The van der Waals surface area contributed by atoms with Crippen molar-refractivity contribution < 1.29 is 19.6 Å². The molecule has 4 N–H and O–H groups in total. The number of carbonyl (C=O) groups excluding carboxylic acids is 1. The van der Waals surface area contributed by atoms with Gasteiger partial charge in [0.1, 0.15) is 6.04 Å². The molecule has 2 aromatic carbocycles. The molecule has 0 bridgehead atoms. The predicted octanol–water partition coefficient (Wildman–Crippen LogP) is 4.03. The third-order valence-corrected chi connectivity index (χ3v) is 4.69. The summed E-state index contributed by atoms with van der Waals surface area (Å²) in [6, 6.07) is 6.15. The number of anilines is 2. The summed E-state index contributed by atoms with van der Waals surface area (Å²) in [5, 5.41) is 28.8. The molecule has 1 heterocycles. The molecule has 2 unspecified atom stereocenters. The van der Waals surface area contributed by atoms with Crippen LogP contribution in [0.25, 0.3) is 0 Å². The molecule has 11 heteroatoms. The second-order valence-corrected chi connectivity index (χ2v) is 6.92. The van der Waals surface area contributed by atoms with E-state index >= 15 is 0 Å². The molecular weight excluding hydrogens is 411 g/mol. The number of nitrogens with zero attached hydrogens (tertiary/aromatic N) is 1. The zero-order chi connectivity index (χ0) is 20.4. The van der Waals surface area contributed by atoms with Gasteiger partial charge in [-0.25, -0.2) is 9.59 Å². The van der Waals surface area contributed by atoms with Crippen molar-refractivity contribution in [1.29, 1.82) is 0 Å². The van der Waals surface area contributed by atoms with Gasteiger partial charge in [0.15, 0.2) is 0 Å². The average Bonchev–Trinajstić information content (AvgIpc) is 2.60. The Balaban J connectivity index is 1.83. The Morgan fingerprint density at radius 2 is 2.00 bits per heavy atom. The average molecular weight is 425 g/mol. The molecular formula is C17H14Cl2N4O5. The zero-order valence-corrected chi connectivity index (χ0v) is 15.6. The van der Waals surface area contributed by atoms with Gasteiger partial charge >= 0.3 is 12.0 Å². The molecule has 3 rings (SSSR count). The van der Waals surface area contributed by atoms with E-state index in [1.165, 1.54) is 36.4 Å². The highest BCUT2D eigenvalue weighted by Gasteiger charge is 2.33. The third-order valence-electron chi connectivity index (χ3n) is 4.16. The van der Waals surface area contributed by atoms with Crippen LogP contribution in [-0.4, -0.2) is 28.1 Å². The summed E-state index contributed by atoms with van der Waals surface area (Å²) in [4.78, 5) is 34.1. The number of benzene rings is 2. The van der Waals surface area contributed by atoms with Gasteiger partial charge in [-0.1, -0.05) is 29.3 Å². The number of nitrogens with one attached hydrogen (secondary N) is 3. The minimum Gasteiger partial charge on any atom is -0.480 e. The number of non-ortho nitro benzene ring substituents is 1. The fourth-order valence-electron chi connectivity index (χ4n) is 2.97. The van der Waals surface area contributed by atoms with E-state index < -0.39 is 29.0 Å². The number of amides is 2. The topological polar surface area (TPSA) is 134 Å². The first kappa shape index (κ1) is 19.7. The fourth-order valence-corrected chi connectivity index (χ4v) is 3.60. The summed E-state index contributed by atoms with van der Waals surface area (Å²) in [6.07, 6.45) is 0.0477. The van der Waals surface area contributed by atoms with Crippen molar-refractivity contribution in [3.63, 3.8) is 0 Å². The van der Waals surface area contributed by atoms with Crippen LogP contribution in [-0.2, 0) is 4.79 Å². The summed E-state index contributed by atoms with van der Waals surface area (Å²) in [7, 11) is 0. The second-order valence-electron chi connectivity index (χ2n) is 6.08. The van der Waals surface area contributed by atoms with Crippen LogP contribution in [0.4, 0.5) is 21.9 Å². The number of urea groups is 1. The molecule has 0 aliphatic carbocycles. The molecule has 0 saturated carbocycles. The van der Waals surface area contributed by atoms with Crippen LogP contribution in [0.15, 0.2) is 36.4 Å². The molecule has 28 heavy (non-hydrogen) atoms. The standard InChI is InChI=1S/C17H14Cl2N4O5/c18-8-4-11(19)15-12(5-8)21-14(16(24)25)7-13(15)22-17(26)20-9-2-1-3-10(6-9)23(27)28/h1-6,13-14,21H,7H2,(H,24,25)(H2,20,22,26). The van der Waals surface area contributed by atoms with E-state index in [1.54, 1.807) is 0 Å². The SMILES string of the molecule is O=C(Nc1cccc([N+](=O)[O-])c1)NC1CC(C(=O)O)Nc2cc(Cl)cc(Cl)c21. The van der Waals surface area contributed by atoms with Gasteiger partial charge in [-0.2, -0.15) is 0 Å². The van der Waals surface area contributed by atoms with Crippen LogP contribution >= 0.6 is 23.2 Å². The number of carbonyl (C=O) groups is 2. The fraction of sp³-hybridized carbons (Fsp3) is 0.176. The molecule has 0 fully saturated rings. The number of nitro groups is 1.